The zero-order valence-corrected chi connectivity index (χ0v) is 25.2. The summed E-state index contributed by atoms with van der Waals surface area (Å²) >= 11 is 0. The normalized spacial score (nSPS) is 12.0. The molecule has 2 heteroatoms. The first-order valence-corrected chi connectivity index (χ1v) is 15.3. The SMILES string of the molecule is Cc1c(-c2c3ccc4cc(-n5c6ccccc6c6ccccc65)ccc4c3cc[n+]2C)cc(CC(C)C)c2ccccc12. The Bertz CT molecular complexity index is 2320. The summed E-state index contributed by atoms with van der Waals surface area (Å²) in [6.45, 7) is 6.91. The van der Waals surface area contributed by atoms with Gasteiger partial charge in [0.2, 0.25) is 5.69 Å². The highest BCUT2D eigenvalue weighted by atomic mass is 15.0. The molecule has 0 radical (unpaired) electrons. The third kappa shape index (κ3) is 3.97. The summed E-state index contributed by atoms with van der Waals surface area (Å²) in [7, 11) is 2.18. The summed E-state index contributed by atoms with van der Waals surface area (Å²) < 4.78 is 4.70. The second-order valence-corrected chi connectivity index (χ2v) is 12.4. The first-order chi connectivity index (χ1) is 21.0. The summed E-state index contributed by atoms with van der Waals surface area (Å²) in [5.74, 6) is 0.591. The van der Waals surface area contributed by atoms with Crippen LogP contribution in [0.4, 0.5) is 0 Å². The zero-order valence-electron chi connectivity index (χ0n) is 25.2. The lowest BCUT2D eigenvalue weighted by Gasteiger charge is -2.16. The molecule has 0 saturated carbocycles. The Balaban J connectivity index is 1.36. The maximum Gasteiger partial charge on any atom is 0.220 e. The van der Waals surface area contributed by atoms with Crippen molar-refractivity contribution < 1.29 is 4.57 Å². The smallest absolute Gasteiger partial charge is 0.220 e. The number of para-hydroxylation sites is 2. The van der Waals surface area contributed by atoms with Crippen LogP contribution in [0.1, 0.15) is 25.0 Å². The van der Waals surface area contributed by atoms with Crippen LogP contribution in [0, 0.1) is 12.8 Å². The van der Waals surface area contributed by atoms with Crippen LogP contribution in [0.3, 0.4) is 0 Å². The lowest BCUT2D eigenvalue weighted by molar-refractivity contribution is -0.659. The van der Waals surface area contributed by atoms with Crippen molar-refractivity contribution in [1.82, 2.24) is 4.57 Å². The fraction of sp³-hybridized carbons (Fsp3) is 0.146. The van der Waals surface area contributed by atoms with Gasteiger partial charge in [0.15, 0.2) is 6.20 Å². The second kappa shape index (κ2) is 9.81. The molecule has 0 aliphatic carbocycles. The van der Waals surface area contributed by atoms with Crippen molar-refractivity contribution in [2.24, 2.45) is 13.0 Å². The van der Waals surface area contributed by atoms with Gasteiger partial charge in [0.05, 0.1) is 22.0 Å². The molecule has 8 rings (SSSR count). The van der Waals surface area contributed by atoms with Crippen molar-refractivity contribution in [3.8, 4) is 16.9 Å². The molecule has 0 aliphatic heterocycles. The molecular weight excluding hydrogens is 520 g/mol. The van der Waals surface area contributed by atoms with Gasteiger partial charge in [-0.05, 0) is 88.3 Å². The van der Waals surface area contributed by atoms with E-state index in [9.17, 15) is 0 Å². The maximum atomic E-state index is 2.46. The van der Waals surface area contributed by atoms with Gasteiger partial charge < -0.3 is 4.57 Å². The third-order valence-corrected chi connectivity index (χ3v) is 9.24. The number of hydrogen-bond acceptors (Lipinski definition) is 0. The van der Waals surface area contributed by atoms with Crippen LogP contribution < -0.4 is 4.57 Å². The van der Waals surface area contributed by atoms with Crippen molar-refractivity contribution in [1.29, 1.82) is 0 Å². The summed E-state index contributed by atoms with van der Waals surface area (Å²) in [4.78, 5) is 0. The van der Waals surface area contributed by atoms with Gasteiger partial charge >= 0.3 is 0 Å². The molecule has 6 aromatic carbocycles. The van der Waals surface area contributed by atoms with Gasteiger partial charge in [-0.25, -0.2) is 4.57 Å². The van der Waals surface area contributed by atoms with E-state index < -0.39 is 0 Å². The molecule has 0 N–H and O–H groups in total. The van der Waals surface area contributed by atoms with Gasteiger partial charge in [0.1, 0.15) is 7.05 Å². The molecule has 2 aromatic heterocycles. The average molecular weight is 556 g/mol. The number of hydrogen-bond donors (Lipinski definition) is 0. The predicted octanol–water partition coefficient (Wildman–Crippen LogP) is 10.2. The minimum absolute atomic E-state index is 0.591. The third-order valence-electron chi connectivity index (χ3n) is 9.24. The molecule has 2 nitrogen and oxygen atoms in total. The number of fused-ring (bicyclic) bond motifs is 7. The highest BCUT2D eigenvalue weighted by Gasteiger charge is 2.22. The van der Waals surface area contributed by atoms with Crippen LogP contribution in [0.5, 0.6) is 0 Å². The Kier molecular flexibility index (Phi) is 5.87. The van der Waals surface area contributed by atoms with Crippen LogP contribution in [-0.4, -0.2) is 4.57 Å². The molecule has 0 fully saturated rings. The van der Waals surface area contributed by atoms with Crippen molar-refractivity contribution in [3.63, 3.8) is 0 Å². The van der Waals surface area contributed by atoms with Crippen LogP contribution in [0.2, 0.25) is 0 Å². The van der Waals surface area contributed by atoms with Crippen molar-refractivity contribution in [2.75, 3.05) is 0 Å². The standard InChI is InChI=1S/C41H35N2/c1-26(2)23-29-25-38(27(3)31-11-5-6-12-32(29)31)41-37-19-17-28-24-30(18-20-33(28)34(37)21-22-42(41)4)43-39-15-9-7-13-35(39)36-14-8-10-16-40(36)43/h5-22,24-26H,23H2,1-4H3/q+1. The number of nitrogens with zero attached hydrogens (tertiary/aromatic N) is 2. The molecule has 8 aromatic rings. The maximum absolute atomic E-state index is 2.46. The summed E-state index contributed by atoms with van der Waals surface area (Å²) in [6, 6.07) is 42.7. The molecule has 43 heavy (non-hydrogen) atoms. The van der Waals surface area contributed by atoms with Crippen LogP contribution in [-0.2, 0) is 13.5 Å². The van der Waals surface area contributed by atoms with Gasteiger partial charge in [-0.15, -0.1) is 0 Å². The Hall–Kier alpha value is -4.95. The molecule has 0 atom stereocenters. The Labute approximate surface area is 252 Å². The first-order valence-electron chi connectivity index (χ1n) is 15.3. The molecule has 0 bridgehead atoms. The number of pyridine rings is 1. The van der Waals surface area contributed by atoms with E-state index in [1.165, 1.54) is 82.2 Å². The highest BCUT2D eigenvalue weighted by molar-refractivity contribution is 6.13. The van der Waals surface area contributed by atoms with Gasteiger partial charge in [-0.3, -0.25) is 0 Å². The van der Waals surface area contributed by atoms with Gasteiger partial charge in [0, 0.05) is 27.9 Å². The lowest BCUT2D eigenvalue weighted by atomic mass is 9.88. The van der Waals surface area contributed by atoms with Crippen molar-refractivity contribution in [3.05, 3.63) is 133 Å². The Morgan fingerprint density at radius 3 is 1.93 bits per heavy atom. The van der Waals surface area contributed by atoms with E-state index in [0.717, 1.165) is 6.42 Å². The van der Waals surface area contributed by atoms with E-state index in [4.69, 9.17) is 0 Å². The number of aryl methyl sites for hydroxylation is 2. The van der Waals surface area contributed by atoms with Crippen LogP contribution in [0.15, 0.2) is 121 Å². The van der Waals surface area contributed by atoms with E-state index in [1.807, 2.05) is 0 Å². The summed E-state index contributed by atoms with van der Waals surface area (Å²) in [6.07, 6.45) is 3.30. The summed E-state index contributed by atoms with van der Waals surface area (Å²) in [5, 5.41) is 10.4. The molecule has 208 valence electrons. The number of aromatic nitrogens is 2. The van der Waals surface area contributed by atoms with E-state index in [0.29, 0.717) is 5.92 Å². The van der Waals surface area contributed by atoms with E-state index in [-0.39, 0.29) is 0 Å². The fourth-order valence-corrected chi connectivity index (χ4v) is 7.30. The minimum Gasteiger partial charge on any atom is -0.309 e. The van der Waals surface area contributed by atoms with Gasteiger partial charge in [0.25, 0.3) is 0 Å². The number of benzene rings is 6. The fourth-order valence-electron chi connectivity index (χ4n) is 7.30. The lowest BCUT2D eigenvalue weighted by Crippen LogP contribution is -2.30. The summed E-state index contributed by atoms with van der Waals surface area (Å²) in [5.41, 5.74) is 9.04. The van der Waals surface area contributed by atoms with Crippen molar-refractivity contribution >= 4 is 54.1 Å². The average Bonchev–Trinajstić information content (AvgIpc) is 3.36. The van der Waals surface area contributed by atoms with Crippen LogP contribution >= 0.6 is 0 Å². The van der Waals surface area contributed by atoms with Gasteiger partial charge in [-0.2, -0.15) is 0 Å². The minimum atomic E-state index is 0.591. The van der Waals surface area contributed by atoms with Crippen LogP contribution in [0.25, 0.3) is 71.1 Å². The molecule has 0 aliphatic rings. The molecule has 0 unspecified atom stereocenters. The molecular formula is C41H35N2+. The molecule has 0 amide bonds. The van der Waals surface area contributed by atoms with Gasteiger partial charge in [-0.1, -0.05) is 86.6 Å². The van der Waals surface area contributed by atoms with E-state index >= 15 is 0 Å². The van der Waals surface area contributed by atoms with E-state index in [2.05, 4.69) is 158 Å². The Morgan fingerprint density at radius 2 is 1.23 bits per heavy atom. The first kappa shape index (κ1) is 25.7. The Morgan fingerprint density at radius 1 is 0.605 bits per heavy atom. The number of rotatable bonds is 4. The second-order valence-electron chi connectivity index (χ2n) is 12.4. The predicted molar refractivity (Wildman–Crippen MR) is 183 cm³/mol. The largest absolute Gasteiger partial charge is 0.309 e. The molecule has 0 spiro atoms. The van der Waals surface area contributed by atoms with E-state index in [1.54, 1.807) is 0 Å². The molecule has 2 heterocycles. The quantitative estimate of drug-likeness (QED) is 0.151. The molecule has 0 saturated heterocycles. The zero-order chi connectivity index (χ0) is 29.2. The highest BCUT2D eigenvalue weighted by Crippen LogP contribution is 2.38. The topological polar surface area (TPSA) is 8.81 Å². The monoisotopic (exact) mass is 555 g/mol. The van der Waals surface area contributed by atoms with Crippen molar-refractivity contribution in [2.45, 2.75) is 27.2 Å².